The molecule has 2 N–H and O–H groups in total. The molecule has 8 heteroatoms. The first-order chi connectivity index (χ1) is 11.8. The summed E-state index contributed by atoms with van der Waals surface area (Å²) in [5.74, 6) is 0.224. The van der Waals surface area contributed by atoms with Crippen LogP contribution >= 0.6 is 11.6 Å². The fourth-order valence-corrected chi connectivity index (χ4v) is 2.23. The fourth-order valence-electron chi connectivity index (χ4n) is 2.06. The van der Waals surface area contributed by atoms with Crippen molar-refractivity contribution in [2.24, 2.45) is 0 Å². The molecule has 0 aromatic heterocycles. The summed E-state index contributed by atoms with van der Waals surface area (Å²) in [5, 5.41) is 5.47. The van der Waals surface area contributed by atoms with Crippen LogP contribution in [0.25, 0.3) is 0 Å². The molecule has 134 valence electrons. The van der Waals surface area contributed by atoms with Crippen LogP contribution in [0.1, 0.15) is 12.0 Å². The largest absolute Gasteiger partial charge is 0.497 e. The van der Waals surface area contributed by atoms with Crippen LogP contribution in [0.5, 0.6) is 5.75 Å². The first-order valence-corrected chi connectivity index (χ1v) is 7.72. The lowest BCUT2D eigenvalue weighted by Gasteiger charge is -2.12. The van der Waals surface area contributed by atoms with Gasteiger partial charge < -0.3 is 15.4 Å². The second-order valence-corrected chi connectivity index (χ2v) is 5.56. The van der Waals surface area contributed by atoms with E-state index < -0.39 is 17.6 Å². The normalized spacial score (nSPS) is 11.1. The van der Waals surface area contributed by atoms with Crippen LogP contribution in [0.2, 0.25) is 5.02 Å². The van der Waals surface area contributed by atoms with Gasteiger partial charge in [-0.25, -0.2) is 0 Å². The lowest BCUT2D eigenvalue weighted by molar-refractivity contribution is -0.137. The van der Waals surface area contributed by atoms with Gasteiger partial charge in [0.2, 0.25) is 5.91 Å². The first-order valence-electron chi connectivity index (χ1n) is 7.34. The summed E-state index contributed by atoms with van der Waals surface area (Å²) in [6.45, 7) is 0.301. The van der Waals surface area contributed by atoms with Gasteiger partial charge in [0.05, 0.1) is 23.4 Å². The van der Waals surface area contributed by atoms with Crippen LogP contribution in [0, 0.1) is 0 Å². The van der Waals surface area contributed by atoms with Crippen LogP contribution < -0.4 is 15.4 Å². The molecule has 0 saturated heterocycles. The lowest BCUT2D eigenvalue weighted by atomic mass is 10.2. The van der Waals surface area contributed by atoms with E-state index >= 15 is 0 Å². The molecule has 25 heavy (non-hydrogen) atoms. The number of hydrogen-bond donors (Lipinski definition) is 2. The third-order valence-corrected chi connectivity index (χ3v) is 3.65. The van der Waals surface area contributed by atoms with E-state index in [2.05, 4.69) is 10.6 Å². The molecule has 0 heterocycles. The number of benzene rings is 2. The maximum atomic E-state index is 12.7. The van der Waals surface area contributed by atoms with E-state index in [0.717, 1.165) is 23.9 Å². The summed E-state index contributed by atoms with van der Waals surface area (Å²) in [6, 6.07) is 9.94. The predicted octanol–water partition coefficient (Wildman–Crippen LogP) is 4.81. The van der Waals surface area contributed by atoms with E-state index in [0.29, 0.717) is 12.3 Å². The van der Waals surface area contributed by atoms with Gasteiger partial charge in [-0.15, -0.1) is 0 Å². The molecule has 0 radical (unpaired) electrons. The average molecular weight is 373 g/mol. The second kappa shape index (κ2) is 8.11. The molecule has 0 atom stereocenters. The molecule has 0 spiro atoms. The van der Waals surface area contributed by atoms with Gasteiger partial charge in [-0.2, -0.15) is 13.2 Å². The number of halogens is 4. The number of rotatable bonds is 6. The van der Waals surface area contributed by atoms with Crippen molar-refractivity contribution in [3.05, 3.63) is 53.1 Å². The van der Waals surface area contributed by atoms with E-state index in [1.807, 2.05) is 6.07 Å². The third kappa shape index (κ3) is 5.56. The van der Waals surface area contributed by atoms with Crippen LogP contribution in [0.3, 0.4) is 0 Å². The first kappa shape index (κ1) is 18.9. The molecule has 0 aliphatic carbocycles. The van der Waals surface area contributed by atoms with Crippen molar-refractivity contribution >= 4 is 28.9 Å². The highest BCUT2D eigenvalue weighted by molar-refractivity contribution is 6.33. The molecular weight excluding hydrogens is 357 g/mol. The summed E-state index contributed by atoms with van der Waals surface area (Å²) >= 11 is 5.84. The molecule has 0 bridgehead atoms. The van der Waals surface area contributed by atoms with Crippen molar-refractivity contribution < 1.29 is 22.7 Å². The minimum Gasteiger partial charge on any atom is -0.497 e. The molecule has 0 unspecified atom stereocenters. The van der Waals surface area contributed by atoms with Gasteiger partial charge in [-0.05, 0) is 30.3 Å². The second-order valence-electron chi connectivity index (χ2n) is 5.15. The number of anilines is 2. The molecular formula is C17H16ClF3N2O2. The number of carbonyl (C=O) groups is 1. The minimum absolute atomic E-state index is 0.0436. The van der Waals surface area contributed by atoms with E-state index in [4.69, 9.17) is 16.3 Å². The van der Waals surface area contributed by atoms with Crippen LogP contribution in [0.15, 0.2) is 42.5 Å². The van der Waals surface area contributed by atoms with Crippen molar-refractivity contribution in [2.75, 3.05) is 24.3 Å². The number of ether oxygens (including phenoxy) is 1. The monoisotopic (exact) mass is 372 g/mol. The Morgan fingerprint density at radius 3 is 2.64 bits per heavy atom. The van der Waals surface area contributed by atoms with Crippen molar-refractivity contribution in [1.29, 1.82) is 0 Å². The van der Waals surface area contributed by atoms with Crippen LogP contribution in [-0.4, -0.2) is 19.6 Å². The van der Waals surface area contributed by atoms with Crippen molar-refractivity contribution in [3.8, 4) is 5.75 Å². The number of methoxy groups -OCH3 is 1. The Hall–Kier alpha value is -2.41. The van der Waals surface area contributed by atoms with Gasteiger partial charge in [0, 0.05) is 24.7 Å². The maximum absolute atomic E-state index is 12.7. The maximum Gasteiger partial charge on any atom is 0.416 e. The van der Waals surface area contributed by atoms with Gasteiger partial charge >= 0.3 is 6.18 Å². The Morgan fingerprint density at radius 1 is 1.20 bits per heavy atom. The van der Waals surface area contributed by atoms with Crippen molar-refractivity contribution in [1.82, 2.24) is 0 Å². The molecule has 4 nitrogen and oxygen atoms in total. The number of alkyl halides is 3. The molecule has 0 aliphatic rings. The van der Waals surface area contributed by atoms with Crippen molar-refractivity contribution in [3.63, 3.8) is 0 Å². The highest BCUT2D eigenvalue weighted by Crippen LogP contribution is 2.33. The van der Waals surface area contributed by atoms with Crippen LogP contribution in [0.4, 0.5) is 24.5 Å². The standard InChI is InChI=1S/C17H16ClF3N2O2/c1-25-13-4-2-3-12(10-13)22-8-7-16(24)23-15-9-11(17(19,20)21)5-6-14(15)18/h2-6,9-10,22H,7-8H2,1H3,(H,23,24). The minimum atomic E-state index is -4.50. The Bertz CT molecular complexity index is 751. The van der Waals surface area contributed by atoms with E-state index in [-0.39, 0.29) is 17.1 Å². The third-order valence-electron chi connectivity index (χ3n) is 3.32. The SMILES string of the molecule is COc1cccc(NCCC(=O)Nc2cc(C(F)(F)F)ccc2Cl)c1. The topological polar surface area (TPSA) is 50.4 Å². The van der Waals surface area contributed by atoms with Gasteiger partial charge in [0.1, 0.15) is 5.75 Å². The van der Waals surface area contributed by atoms with Gasteiger partial charge in [-0.1, -0.05) is 17.7 Å². The fraction of sp³-hybridized carbons (Fsp3) is 0.235. The van der Waals surface area contributed by atoms with Gasteiger partial charge in [-0.3, -0.25) is 4.79 Å². The number of amides is 1. The number of carbonyl (C=O) groups excluding carboxylic acids is 1. The zero-order valence-corrected chi connectivity index (χ0v) is 14.0. The van der Waals surface area contributed by atoms with Crippen molar-refractivity contribution in [2.45, 2.75) is 12.6 Å². The Balaban J connectivity index is 1.92. The summed E-state index contributed by atoms with van der Waals surface area (Å²) in [6.07, 6.45) is -4.44. The zero-order valence-electron chi connectivity index (χ0n) is 13.3. The Labute approximate surface area is 147 Å². The molecule has 0 fully saturated rings. The molecule has 0 aliphatic heterocycles. The Morgan fingerprint density at radius 2 is 1.96 bits per heavy atom. The number of hydrogen-bond acceptors (Lipinski definition) is 3. The van der Waals surface area contributed by atoms with E-state index in [1.165, 1.54) is 0 Å². The van der Waals surface area contributed by atoms with Crippen LogP contribution in [-0.2, 0) is 11.0 Å². The quantitative estimate of drug-likeness (QED) is 0.765. The molecule has 0 saturated carbocycles. The predicted molar refractivity (Wildman–Crippen MR) is 91.2 cm³/mol. The van der Waals surface area contributed by atoms with Gasteiger partial charge in [0.15, 0.2) is 0 Å². The Kier molecular flexibility index (Phi) is 6.14. The average Bonchev–Trinajstić information content (AvgIpc) is 2.56. The molecule has 2 rings (SSSR count). The van der Waals surface area contributed by atoms with Gasteiger partial charge in [0.25, 0.3) is 0 Å². The van der Waals surface area contributed by atoms with E-state index in [1.54, 1.807) is 25.3 Å². The summed E-state index contributed by atoms with van der Waals surface area (Å²) < 4.78 is 43.2. The molecule has 2 aromatic rings. The lowest BCUT2D eigenvalue weighted by Crippen LogP contribution is -2.17. The summed E-state index contributed by atoms with van der Waals surface area (Å²) in [7, 11) is 1.55. The number of nitrogens with one attached hydrogen (secondary N) is 2. The highest BCUT2D eigenvalue weighted by Gasteiger charge is 2.31. The highest BCUT2D eigenvalue weighted by atomic mass is 35.5. The zero-order chi connectivity index (χ0) is 18.4. The molecule has 1 amide bonds. The van der Waals surface area contributed by atoms with E-state index in [9.17, 15) is 18.0 Å². The smallest absolute Gasteiger partial charge is 0.416 e. The molecule has 2 aromatic carbocycles. The summed E-state index contributed by atoms with van der Waals surface area (Å²) in [5.41, 5.74) is -0.172. The summed E-state index contributed by atoms with van der Waals surface area (Å²) in [4.78, 5) is 11.9.